The maximum atomic E-state index is 13.2. The van der Waals surface area contributed by atoms with Gasteiger partial charge in [-0.1, -0.05) is 49.2 Å². The van der Waals surface area contributed by atoms with Crippen LogP contribution in [0.25, 0.3) is 17.1 Å². The molecule has 3 aromatic heterocycles. The summed E-state index contributed by atoms with van der Waals surface area (Å²) in [4.78, 5) is 26.4. The number of nitrogens with zero attached hydrogens (tertiary/aromatic N) is 4. The molecule has 9 heteroatoms. The van der Waals surface area contributed by atoms with Crippen LogP contribution in [0, 0.1) is 12.7 Å². The molecule has 0 atom stereocenters. The van der Waals surface area contributed by atoms with Crippen molar-refractivity contribution in [2.45, 2.75) is 33.3 Å². The van der Waals surface area contributed by atoms with Crippen LogP contribution in [0.2, 0.25) is 10.0 Å². The fourth-order valence-corrected chi connectivity index (χ4v) is 3.74. The molecule has 6 nitrogen and oxygen atoms in total. The van der Waals surface area contributed by atoms with Gasteiger partial charge in [-0.25, -0.2) is 14.4 Å². The van der Waals surface area contributed by atoms with Gasteiger partial charge in [0.1, 0.15) is 29.0 Å². The lowest BCUT2D eigenvalue weighted by Gasteiger charge is -2.16. The molecule has 3 heterocycles. The summed E-state index contributed by atoms with van der Waals surface area (Å²) in [6.45, 7) is 5.89. The number of benzene rings is 1. The Morgan fingerprint density at radius 1 is 1.06 bits per heavy atom. The highest BCUT2D eigenvalue weighted by atomic mass is 35.5. The average Bonchev–Trinajstić information content (AvgIpc) is 2.82. The summed E-state index contributed by atoms with van der Waals surface area (Å²) in [6, 6.07) is 11.0. The highest BCUT2D eigenvalue weighted by Gasteiger charge is 2.18. The summed E-state index contributed by atoms with van der Waals surface area (Å²) in [5, 5.41) is 0.189. The molecule has 0 radical (unpaired) electrons. The number of hydrogen-bond acceptors (Lipinski definition) is 5. The van der Waals surface area contributed by atoms with Crippen molar-refractivity contribution < 1.29 is 9.13 Å². The molecule has 0 saturated carbocycles. The molecule has 4 rings (SSSR count). The molecule has 0 saturated heterocycles. The number of ether oxygens (including phenoxy) is 1. The summed E-state index contributed by atoms with van der Waals surface area (Å²) < 4.78 is 20.3. The van der Waals surface area contributed by atoms with Gasteiger partial charge in [0.05, 0.1) is 22.1 Å². The molecule has 174 valence electrons. The summed E-state index contributed by atoms with van der Waals surface area (Å²) in [5.41, 5.74) is 2.40. The number of rotatable bonds is 6. The van der Waals surface area contributed by atoms with Crippen molar-refractivity contribution in [2.75, 3.05) is 0 Å². The van der Waals surface area contributed by atoms with Crippen molar-refractivity contribution in [3.05, 3.63) is 98.2 Å². The van der Waals surface area contributed by atoms with Crippen LogP contribution in [-0.2, 0) is 6.61 Å². The summed E-state index contributed by atoms with van der Waals surface area (Å²) >= 11 is 12.8. The molecule has 0 aliphatic carbocycles. The lowest BCUT2D eigenvalue weighted by atomic mass is 10.2. The van der Waals surface area contributed by atoms with Crippen molar-refractivity contribution in [1.82, 2.24) is 19.5 Å². The van der Waals surface area contributed by atoms with Gasteiger partial charge in [-0.3, -0.25) is 14.3 Å². The van der Waals surface area contributed by atoms with Crippen LogP contribution in [0.5, 0.6) is 5.75 Å². The number of aryl methyl sites for hydroxylation is 1. The SMILES string of the molecule is Cc1cc(OCc2ccc(F)cc2)c(Cl)c(=O)n1-c1cc(-c2ccnc(C(C)C)n2)ncc1Cl. The van der Waals surface area contributed by atoms with E-state index >= 15 is 0 Å². The second-order valence-electron chi connectivity index (χ2n) is 8.00. The highest BCUT2D eigenvalue weighted by Crippen LogP contribution is 2.29. The molecule has 0 unspecified atom stereocenters. The largest absolute Gasteiger partial charge is 0.487 e. The smallest absolute Gasteiger partial charge is 0.277 e. The molecule has 4 aromatic rings. The van der Waals surface area contributed by atoms with Gasteiger partial charge in [-0.05, 0) is 36.8 Å². The van der Waals surface area contributed by atoms with Crippen LogP contribution in [-0.4, -0.2) is 19.5 Å². The number of halogens is 3. The molecular formula is C25H21Cl2FN4O2. The molecule has 34 heavy (non-hydrogen) atoms. The summed E-state index contributed by atoms with van der Waals surface area (Å²) in [5.74, 6) is 0.733. The third-order valence-electron chi connectivity index (χ3n) is 5.14. The van der Waals surface area contributed by atoms with E-state index in [9.17, 15) is 9.18 Å². The Hall–Kier alpha value is -3.29. The molecule has 0 aliphatic heterocycles. The van der Waals surface area contributed by atoms with Crippen LogP contribution in [0.1, 0.15) is 36.8 Å². The first-order chi connectivity index (χ1) is 16.2. The average molecular weight is 499 g/mol. The van der Waals surface area contributed by atoms with Gasteiger partial charge in [0, 0.05) is 30.1 Å². The van der Waals surface area contributed by atoms with Gasteiger partial charge in [-0.15, -0.1) is 0 Å². The van der Waals surface area contributed by atoms with E-state index in [-0.39, 0.29) is 34.1 Å². The third-order valence-corrected chi connectivity index (χ3v) is 5.78. The fraction of sp³-hybridized carbons (Fsp3) is 0.200. The van der Waals surface area contributed by atoms with Gasteiger partial charge >= 0.3 is 0 Å². The maximum Gasteiger partial charge on any atom is 0.277 e. The standard InChI is InChI=1S/C25H21Cl2FN4O2/c1-14(2)24-29-9-8-19(31-24)20-11-21(18(26)12-30-20)32-15(3)10-22(23(27)25(32)33)34-13-16-4-6-17(28)7-5-16/h4-12,14H,13H2,1-3H3. The number of hydrogen-bond donors (Lipinski definition) is 0. The lowest BCUT2D eigenvalue weighted by molar-refractivity contribution is 0.305. The van der Waals surface area contributed by atoms with Crippen molar-refractivity contribution in [3.63, 3.8) is 0 Å². The molecule has 0 bridgehead atoms. The first-order valence-electron chi connectivity index (χ1n) is 10.5. The van der Waals surface area contributed by atoms with Gasteiger partial charge in [0.15, 0.2) is 0 Å². The van der Waals surface area contributed by atoms with Crippen LogP contribution < -0.4 is 10.3 Å². The van der Waals surface area contributed by atoms with E-state index in [1.807, 2.05) is 13.8 Å². The summed E-state index contributed by atoms with van der Waals surface area (Å²) in [6.07, 6.45) is 3.15. The van der Waals surface area contributed by atoms with Gasteiger partial charge in [0.2, 0.25) is 0 Å². The minimum absolute atomic E-state index is 0.0914. The maximum absolute atomic E-state index is 13.2. The van der Waals surface area contributed by atoms with E-state index in [0.29, 0.717) is 28.6 Å². The molecule has 0 N–H and O–H groups in total. The predicted molar refractivity (Wildman–Crippen MR) is 130 cm³/mol. The molecular weight excluding hydrogens is 478 g/mol. The van der Waals surface area contributed by atoms with E-state index in [2.05, 4.69) is 15.0 Å². The van der Waals surface area contributed by atoms with E-state index < -0.39 is 5.56 Å². The summed E-state index contributed by atoms with van der Waals surface area (Å²) in [7, 11) is 0. The molecule has 0 amide bonds. The van der Waals surface area contributed by atoms with Crippen molar-refractivity contribution in [1.29, 1.82) is 0 Å². The van der Waals surface area contributed by atoms with Gasteiger partial charge in [-0.2, -0.15) is 0 Å². The number of pyridine rings is 2. The zero-order chi connectivity index (χ0) is 24.4. The van der Waals surface area contributed by atoms with E-state index in [4.69, 9.17) is 27.9 Å². The predicted octanol–water partition coefficient (Wildman–Crippen LogP) is 6.15. The minimum atomic E-state index is -0.486. The molecule has 0 fully saturated rings. The monoisotopic (exact) mass is 498 g/mol. The normalized spacial score (nSPS) is 11.1. The minimum Gasteiger partial charge on any atom is -0.487 e. The van der Waals surface area contributed by atoms with Crippen LogP contribution >= 0.6 is 23.2 Å². The topological polar surface area (TPSA) is 69.9 Å². The zero-order valence-corrected chi connectivity index (χ0v) is 20.2. The quantitative estimate of drug-likeness (QED) is 0.319. The first-order valence-corrected chi connectivity index (χ1v) is 11.3. The van der Waals surface area contributed by atoms with Crippen molar-refractivity contribution >= 4 is 23.2 Å². The third kappa shape index (κ3) is 4.95. The van der Waals surface area contributed by atoms with E-state index in [0.717, 1.165) is 5.56 Å². The van der Waals surface area contributed by atoms with Crippen LogP contribution in [0.3, 0.4) is 0 Å². The Kier molecular flexibility index (Phi) is 6.95. The Morgan fingerprint density at radius 3 is 2.50 bits per heavy atom. The molecule has 0 aliphatic rings. The Balaban J connectivity index is 1.71. The van der Waals surface area contributed by atoms with E-state index in [1.165, 1.54) is 22.9 Å². The van der Waals surface area contributed by atoms with Crippen molar-refractivity contribution in [3.8, 4) is 22.8 Å². The highest BCUT2D eigenvalue weighted by molar-refractivity contribution is 6.33. The first kappa shape index (κ1) is 23.9. The van der Waals surface area contributed by atoms with Crippen LogP contribution in [0.4, 0.5) is 4.39 Å². The Bertz CT molecular complexity index is 1410. The van der Waals surface area contributed by atoms with Crippen molar-refractivity contribution in [2.24, 2.45) is 0 Å². The van der Waals surface area contributed by atoms with Gasteiger partial charge in [0.25, 0.3) is 5.56 Å². The van der Waals surface area contributed by atoms with Crippen LogP contribution in [0.15, 0.2) is 59.7 Å². The fourth-order valence-electron chi connectivity index (χ4n) is 3.36. The lowest BCUT2D eigenvalue weighted by Crippen LogP contribution is -2.22. The second-order valence-corrected chi connectivity index (χ2v) is 8.78. The Labute approximate surface area is 206 Å². The van der Waals surface area contributed by atoms with E-state index in [1.54, 1.807) is 43.5 Å². The zero-order valence-electron chi connectivity index (χ0n) is 18.7. The van der Waals surface area contributed by atoms with Gasteiger partial charge < -0.3 is 4.74 Å². The Morgan fingerprint density at radius 2 is 1.79 bits per heavy atom. The number of aromatic nitrogens is 4. The molecule has 1 aromatic carbocycles. The molecule has 0 spiro atoms. The second kappa shape index (κ2) is 9.91.